The minimum Gasteiger partial charge on any atom is -0.394 e. The lowest BCUT2D eigenvalue weighted by molar-refractivity contribution is -0.366. The van der Waals surface area contributed by atoms with Crippen LogP contribution in [0.3, 0.4) is 0 Å². The standard InChI is InChI=1S/C27H33ClO7/c1-4-6-11-34-16-20-14-22(28)19(12-18-9-7-17(5-2)8-10-18)13-21(20)27(33-3)26(32)25(31)24(30)23(15-29)35-27/h1,7-10,13-14,23-26,29-32H,5-6,11-12,15-16H2,2-3H3/t23-,24-,25+,26-,27?/m1/s1. The highest BCUT2D eigenvalue weighted by Gasteiger charge is 2.55. The zero-order valence-electron chi connectivity index (χ0n) is 20.0. The first kappa shape index (κ1) is 27.6. The predicted octanol–water partition coefficient (Wildman–Crippen LogP) is 2.31. The third kappa shape index (κ3) is 5.88. The maximum absolute atomic E-state index is 11.0. The van der Waals surface area contributed by atoms with Crippen LogP contribution in [0.4, 0.5) is 0 Å². The van der Waals surface area contributed by atoms with Gasteiger partial charge in [-0.25, -0.2) is 0 Å². The molecule has 2 aromatic rings. The summed E-state index contributed by atoms with van der Waals surface area (Å²) < 4.78 is 17.3. The molecule has 1 saturated heterocycles. The normalized spacial score (nSPS) is 26.5. The average Bonchev–Trinajstić information content (AvgIpc) is 2.88. The van der Waals surface area contributed by atoms with Crippen LogP contribution in [0.5, 0.6) is 0 Å². The summed E-state index contributed by atoms with van der Waals surface area (Å²) in [6.45, 7) is 1.90. The first-order valence-corrected chi connectivity index (χ1v) is 12.0. The van der Waals surface area contributed by atoms with Crippen LogP contribution in [-0.4, -0.2) is 65.2 Å². The first-order valence-electron chi connectivity index (χ1n) is 11.6. The number of hydrogen-bond acceptors (Lipinski definition) is 7. The zero-order chi connectivity index (χ0) is 25.6. The number of methoxy groups -OCH3 is 1. The Hall–Kier alpha value is -1.99. The number of halogens is 1. The Morgan fingerprint density at radius 3 is 2.37 bits per heavy atom. The first-order chi connectivity index (χ1) is 16.8. The Kier molecular flexibility index (Phi) is 9.70. The molecule has 1 aliphatic rings. The maximum Gasteiger partial charge on any atom is 0.225 e. The van der Waals surface area contributed by atoms with Crippen LogP contribution in [0.25, 0.3) is 0 Å². The van der Waals surface area contributed by atoms with Gasteiger partial charge in [0.2, 0.25) is 5.79 Å². The lowest BCUT2D eigenvalue weighted by atomic mass is 9.84. The average molecular weight is 505 g/mol. The molecule has 4 N–H and O–H groups in total. The largest absolute Gasteiger partial charge is 0.394 e. The molecule has 0 amide bonds. The molecule has 3 rings (SSSR count). The Morgan fingerprint density at radius 1 is 1.09 bits per heavy atom. The molecule has 1 unspecified atom stereocenters. The van der Waals surface area contributed by atoms with E-state index in [2.05, 4.69) is 25.0 Å². The summed E-state index contributed by atoms with van der Waals surface area (Å²) in [5.74, 6) is 0.622. The predicted molar refractivity (Wildman–Crippen MR) is 132 cm³/mol. The second kappa shape index (κ2) is 12.3. The van der Waals surface area contributed by atoms with Gasteiger partial charge < -0.3 is 34.6 Å². The fraction of sp³-hybridized carbons (Fsp3) is 0.481. The highest BCUT2D eigenvalue weighted by Crippen LogP contribution is 2.42. The van der Waals surface area contributed by atoms with Crippen LogP contribution in [0.1, 0.15) is 41.2 Å². The van der Waals surface area contributed by atoms with Crippen LogP contribution in [0.2, 0.25) is 5.02 Å². The van der Waals surface area contributed by atoms with Crippen LogP contribution < -0.4 is 0 Å². The number of aliphatic hydroxyl groups excluding tert-OH is 4. The quantitative estimate of drug-likeness (QED) is 0.290. The second-order valence-corrected chi connectivity index (χ2v) is 9.00. The fourth-order valence-corrected chi connectivity index (χ4v) is 4.56. The molecule has 7 nitrogen and oxygen atoms in total. The van der Waals surface area contributed by atoms with E-state index in [4.69, 9.17) is 32.2 Å². The molecule has 1 heterocycles. The van der Waals surface area contributed by atoms with Gasteiger partial charge in [0.25, 0.3) is 0 Å². The molecule has 2 aromatic carbocycles. The van der Waals surface area contributed by atoms with Crippen molar-refractivity contribution in [3.63, 3.8) is 0 Å². The lowest BCUT2D eigenvalue weighted by Gasteiger charge is -2.48. The number of hydrogen-bond donors (Lipinski definition) is 4. The zero-order valence-corrected chi connectivity index (χ0v) is 20.7. The summed E-state index contributed by atoms with van der Waals surface area (Å²) in [5, 5.41) is 42.1. The Morgan fingerprint density at radius 2 is 1.77 bits per heavy atom. The van der Waals surface area contributed by atoms with Crippen LogP contribution in [0.15, 0.2) is 36.4 Å². The smallest absolute Gasteiger partial charge is 0.225 e. The third-order valence-corrected chi connectivity index (χ3v) is 6.73. The minimum absolute atomic E-state index is 0.0891. The highest BCUT2D eigenvalue weighted by atomic mass is 35.5. The van der Waals surface area contributed by atoms with Crippen molar-refractivity contribution in [2.24, 2.45) is 0 Å². The Balaban J connectivity index is 2.08. The summed E-state index contributed by atoms with van der Waals surface area (Å²) in [4.78, 5) is 0. The molecule has 0 aliphatic carbocycles. The van der Waals surface area contributed by atoms with Crippen molar-refractivity contribution in [1.82, 2.24) is 0 Å². The molecule has 35 heavy (non-hydrogen) atoms. The molecule has 190 valence electrons. The van der Waals surface area contributed by atoms with E-state index in [1.807, 2.05) is 12.1 Å². The number of benzene rings is 2. The van der Waals surface area contributed by atoms with Gasteiger partial charge in [0, 0.05) is 24.1 Å². The summed E-state index contributed by atoms with van der Waals surface area (Å²) in [5.41, 5.74) is 3.93. The van der Waals surface area contributed by atoms with Gasteiger partial charge in [-0.05, 0) is 47.2 Å². The topological polar surface area (TPSA) is 109 Å². The highest BCUT2D eigenvalue weighted by molar-refractivity contribution is 6.31. The van der Waals surface area contributed by atoms with Crippen molar-refractivity contribution in [3.8, 4) is 12.3 Å². The summed E-state index contributed by atoms with van der Waals surface area (Å²) in [7, 11) is 1.32. The van der Waals surface area contributed by atoms with Crippen molar-refractivity contribution in [2.45, 2.75) is 63.0 Å². The number of ether oxygens (including phenoxy) is 3. The van der Waals surface area contributed by atoms with E-state index >= 15 is 0 Å². The van der Waals surface area contributed by atoms with Crippen molar-refractivity contribution in [2.75, 3.05) is 20.3 Å². The summed E-state index contributed by atoms with van der Waals surface area (Å²) in [6, 6.07) is 11.7. The van der Waals surface area contributed by atoms with Gasteiger partial charge in [-0.1, -0.05) is 42.8 Å². The second-order valence-electron chi connectivity index (χ2n) is 8.59. The maximum atomic E-state index is 11.0. The number of aryl methyl sites for hydroxylation is 1. The molecular formula is C27H33ClO7. The summed E-state index contributed by atoms with van der Waals surface area (Å²) in [6.07, 6.45) is 1.18. The van der Waals surface area contributed by atoms with E-state index in [1.165, 1.54) is 12.7 Å². The van der Waals surface area contributed by atoms with Gasteiger partial charge in [0.05, 0.1) is 19.8 Å². The fourth-order valence-electron chi connectivity index (χ4n) is 4.31. The van der Waals surface area contributed by atoms with E-state index in [0.29, 0.717) is 35.6 Å². The molecule has 8 heteroatoms. The molecule has 1 aliphatic heterocycles. The van der Waals surface area contributed by atoms with E-state index < -0.39 is 36.8 Å². The lowest BCUT2D eigenvalue weighted by Crippen LogP contribution is -2.64. The van der Waals surface area contributed by atoms with Gasteiger partial charge in [-0.2, -0.15) is 0 Å². The van der Waals surface area contributed by atoms with Gasteiger partial charge in [0.15, 0.2) is 0 Å². The number of terminal acetylenes is 1. The van der Waals surface area contributed by atoms with Crippen LogP contribution >= 0.6 is 11.6 Å². The molecular weight excluding hydrogens is 472 g/mol. The van der Waals surface area contributed by atoms with Gasteiger partial charge >= 0.3 is 0 Å². The Labute approximate surface area is 211 Å². The monoisotopic (exact) mass is 504 g/mol. The van der Waals surface area contributed by atoms with Gasteiger partial charge in [-0.15, -0.1) is 12.3 Å². The van der Waals surface area contributed by atoms with E-state index in [1.54, 1.807) is 12.1 Å². The van der Waals surface area contributed by atoms with E-state index in [0.717, 1.165) is 17.5 Å². The van der Waals surface area contributed by atoms with Gasteiger partial charge in [0.1, 0.15) is 24.4 Å². The summed E-state index contributed by atoms with van der Waals surface area (Å²) >= 11 is 6.66. The van der Waals surface area contributed by atoms with E-state index in [-0.39, 0.29) is 6.61 Å². The van der Waals surface area contributed by atoms with Crippen molar-refractivity contribution in [3.05, 3.63) is 69.2 Å². The molecule has 0 aromatic heterocycles. The third-order valence-electron chi connectivity index (χ3n) is 6.38. The molecule has 5 atom stereocenters. The van der Waals surface area contributed by atoms with Crippen LogP contribution in [0, 0.1) is 12.3 Å². The molecule has 1 fully saturated rings. The SMILES string of the molecule is C#CCCOCc1cc(Cl)c(Cc2ccc(CC)cc2)cc1C1(OC)O[C@H](CO)[C@@H](O)[C@H](O)[C@H]1O. The molecule has 0 saturated carbocycles. The number of rotatable bonds is 10. The minimum atomic E-state index is -1.89. The van der Waals surface area contributed by atoms with E-state index in [9.17, 15) is 20.4 Å². The van der Waals surface area contributed by atoms with Crippen molar-refractivity contribution >= 4 is 11.6 Å². The molecule has 0 bridgehead atoms. The molecule has 0 radical (unpaired) electrons. The molecule has 0 spiro atoms. The van der Waals surface area contributed by atoms with Crippen molar-refractivity contribution < 1.29 is 34.6 Å². The Bertz CT molecular complexity index is 1020. The van der Waals surface area contributed by atoms with Gasteiger partial charge in [-0.3, -0.25) is 0 Å². The van der Waals surface area contributed by atoms with Crippen LogP contribution in [-0.2, 0) is 39.4 Å². The number of aliphatic hydroxyl groups is 4. The van der Waals surface area contributed by atoms with Crippen molar-refractivity contribution in [1.29, 1.82) is 0 Å².